The zero-order valence-electron chi connectivity index (χ0n) is 13.6. The van der Waals surface area contributed by atoms with Crippen molar-refractivity contribution in [1.29, 1.82) is 0 Å². The van der Waals surface area contributed by atoms with Crippen LogP contribution in [0.2, 0.25) is 0 Å². The number of methoxy groups -OCH3 is 1. The molecule has 0 aliphatic rings. The standard InChI is InChI=1S/C18H22N2O3/c1-20(2)15(11-13-7-5-4-6-8-13)18(22)19-14-9-10-16(21)17(12-14)23-3/h4-10,12,15,21H,11H2,1-3H3,(H,19,22)/t15-/m0/s1. The largest absolute Gasteiger partial charge is 0.504 e. The van der Waals surface area contributed by atoms with Crippen LogP contribution in [0.4, 0.5) is 5.69 Å². The Kier molecular flexibility index (Phi) is 5.60. The molecule has 0 aliphatic heterocycles. The van der Waals surface area contributed by atoms with E-state index in [0.717, 1.165) is 5.56 Å². The van der Waals surface area contributed by atoms with Crippen LogP contribution in [0.3, 0.4) is 0 Å². The zero-order chi connectivity index (χ0) is 16.8. The van der Waals surface area contributed by atoms with E-state index in [1.807, 2.05) is 49.3 Å². The molecule has 2 N–H and O–H groups in total. The molecule has 0 aromatic heterocycles. The van der Waals surface area contributed by atoms with Crippen molar-refractivity contribution >= 4 is 11.6 Å². The third-order valence-electron chi connectivity index (χ3n) is 3.65. The number of carbonyl (C=O) groups is 1. The second-order valence-electron chi connectivity index (χ2n) is 5.55. The van der Waals surface area contributed by atoms with Crippen LogP contribution in [-0.2, 0) is 11.2 Å². The van der Waals surface area contributed by atoms with Crippen LogP contribution in [0, 0.1) is 0 Å². The maximum atomic E-state index is 12.6. The van der Waals surface area contributed by atoms with E-state index >= 15 is 0 Å². The smallest absolute Gasteiger partial charge is 0.242 e. The van der Waals surface area contributed by atoms with Gasteiger partial charge in [0.1, 0.15) is 0 Å². The number of hydrogen-bond acceptors (Lipinski definition) is 4. The lowest BCUT2D eigenvalue weighted by Crippen LogP contribution is -2.41. The monoisotopic (exact) mass is 314 g/mol. The first-order chi connectivity index (χ1) is 11.0. The molecule has 0 saturated heterocycles. The molecule has 0 spiro atoms. The van der Waals surface area contributed by atoms with E-state index in [-0.39, 0.29) is 17.7 Å². The maximum absolute atomic E-state index is 12.6. The van der Waals surface area contributed by atoms with Crippen molar-refractivity contribution in [1.82, 2.24) is 4.90 Å². The summed E-state index contributed by atoms with van der Waals surface area (Å²) in [6.45, 7) is 0. The Balaban J connectivity index is 2.12. The molecule has 1 amide bonds. The number of anilines is 1. The second kappa shape index (κ2) is 7.65. The molecule has 0 radical (unpaired) electrons. The first-order valence-corrected chi connectivity index (χ1v) is 7.39. The van der Waals surface area contributed by atoms with Gasteiger partial charge in [0.25, 0.3) is 0 Å². The number of carbonyl (C=O) groups excluding carboxylic acids is 1. The number of phenols is 1. The van der Waals surface area contributed by atoms with E-state index in [1.165, 1.54) is 13.2 Å². The zero-order valence-corrected chi connectivity index (χ0v) is 13.6. The summed E-state index contributed by atoms with van der Waals surface area (Å²) < 4.78 is 5.06. The van der Waals surface area contributed by atoms with Gasteiger partial charge in [0.15, 0.2) is 11.5 Å². The maximum Gasteiger partial charge on any atom is 0.242 e. The van der Waals surface area contributed by atoms with E-state index < -0.39 is 0 Å². The fraction of sp³-hybridized carbons (Fsp3) is 0.278. The highest BCUT2D eigenvalue weighted by molar-refractivity contribution is 5.95. The molecule has 1 atom stereocenters. The Labute approximate surface area is 136 Å². The number of nitrogens with zero attached hydrogens (tertiary/aromatic N) is 1. The molecule has 0 fully saturated rings. The van der Waals surface area contributed by atoms with Gasteiger partial charge in [-0.25, -0.2) is 0 Å². The number of hydrogen-bond donors (Lipinski definition) is 2. The normalized spacial score (nSPS) is 12.0. The van der Waals surface area contributed by atoms with Crippen molar-refractivity contribution < 1.29 is 14.6 Å². The summed E-state index contributed by atoms with van der Waals surface area (Å²) in [6, 6.07) is 14.3. The number of nitrogens with one attached hydrogen (secondary N) is 1. The van der Waals surface area contributed by atoms with Gasteiger partial charge in [-0.05, 0) is 38.2 Å². The van der Waals surface area contributed by atoms with E-state index in [9.17, 15) is 9.90 Å². The summed E-state index contributed by atoms with van der Waals surface area (Å²) in [7, 11) is 5.23. The topological polar surface area (TPSA) is 61.8 Å². The number of ether oxygens (including phenoxy) is 1. The number of likely N-dealkylation sites (N-methyl/N-ethyl adjacent to an activating group) is 1. The van der Waals surface area contributed by atoms with Gasteiger partial charge in [-0.3, -0.25) is 9.69 Å². The third kappa shape index (κ3) is 4.47. The van der Waals surface area contributed by atoms with E-state index in [1.54, 1.807) is 12.1 Å². The van der Waals surface area contributed by atoms with Crippen LogP contribution in [-0.4, -0.2) is 43.2 Å². The minimum Gasteiger partial charge on any atom is -0.504 e. The molecule has 2 aromatic carbocycles. The Morgan fingerprint density at radius 3 is 2.52 bits per heavy atom. The average molecular weight is 314 g/mol. The van der Waals surface area contributed by atoms with Crippen molar-refractivity contribution in [2.45, 2.75) is 12.5 Å². The molecule has 0 bridgehead atoms. The van der Waals surface area contributed by atoms with Crippen molar-refractivity contribution in [3.8, 4) is 11.5 Å². The summed E-state index contributed by atoms with van der Waals surface area (Å²) in [5, 5.41) is 12.5. The SMILES string of the molecule is COc1cc(NC(=O)[C@H](Cc2ccccc2)N(C)C)ccc1O. The van der Waals surface area contributed by atoms with E-state index in [2.05, 4.69) is 5.32 Å². The number of amides is 1. The lowest BCUT2D eigenvalue weighted by Gasteiger charge is -2.23. The van der Waals surface area contributed by atoms with E-state index in [4.69, 9.17) is 4.74 Å². The fourth-order valence-corrected chi connectivity index (χ4v) is 2.33. The molecule has 122 valence electrons. The Morgan fingerprint density at radius 1 is 1.22 bits per heavy atom. The Hall–Kier alpha value is -2.53. The summed E-state index contributed by atoms with van der Waals surface area (Å²) in [5.74, 6) is 0.262. The molecule has 2 rings (SSSR count). The molecular weight excluding hydrogens is 292 g/mol. The first kappa shape index (κ1) is 16.8. The van der Waals surface area contributed by atoms with Crippen LogP contribution in [0.1, 0.15) is 5.56 Å². The summed E-state index contributed by atoms with van der Waals surface area (Å²) in [5.41, 5.74) is 1.69. The van der Waals surface area contributed by atoms with Crippen molar-refractivity contribution in [2.75, 3.05) is 26.5 Å². The predicted molar refractivity (Wildman–Crippen MR) is 90.9 cm³/mol. The Bertz CT molecular complexity index is 657. The van der Waals surface area contributed by atoms with Gasteiger partial charge in [0.05, 0.1) is 13.2 Å². The molecule has 0 aliphatic carbocycles. The summed E-state index contributed by atoms with van der Waals surface area (Å²) in [6.07, 6.45) is 0.620. The highest BCUT2D eigenvalue weighted by Gasteiger charge is 2.21. The van der Waals surface area contributed by atoms with Gasteiger partial charge in [-0.1, -0.05) is 30.3 Å². The molecule has 23 heavy (non-hydrogen) atoms. The lowest BCUT2D eigenvalue weighted by atomic mass is 10.0. The quantitative estimate of drug-likeness (QED) is 0.804. The highest BCUT2D eigenvalue weighted by Crippen LogP contribution is 2.28. The van der Waals surface area contributed by atoms with Crippen molar-refractivity contribution in [3.05, 3.63) is 54.1 Å². The summed E-state index contributed by atoms with van der Waals surface area (Å²) >= 11 is 0. The molecule has 5 nitrogen and oxygen atoms in total. The van der Waals surface area contributed by atoms with Crippen LogP contribution < -0.4 is 10.1 Å². The van der Waals surface area contributed by atoms with Crippen LogP contribution in [0.25, 0.3) is 0 Å². The second-order valence-corrected chi connectivity index (χ2v) is 5.55. The number of rotatable bonds is 6. The minimum atomic E-state index is -0.294. The van der Waals surface area contributed by atoms with Crippen LogP contribution in [0.15, 0.2) is 48.5 Å². The summed E-state index contributed by atoms with van der Waals surface area (Å²) in [4.78, 5) is 14.5. The number of benzene rings is 2. The number of phenolic OH excluding ortho intramolecular Hbond substituents is 1. The molecular formula is C18H22N2O3. The highest BCUT2D eigenvalue weighted by atomic mass is 16.5. The minimum absolute atomic E-state index is 0.0407. The van der Waals surface area contributed by atoms with Crippen molar-refractivity contribution in [3.63, 3.8) is 0 Å². The molecule has 0 heterocycles. The van der Waals surface area contributed by atoms with Gasteiger partial charge in [-0.2, -0.15) is 0 Å². The van der Waals surface area contributed by atoms with Crippen molar-refractivity contribution in [2.24, 2.45) is 0 Å². The first-order valence-electron chi connectivity index (χ1n) is 7.39. The number of aromatic hydroxyl groups is 1. The molecule has 5 heteroatoms. The van der Waals surface area contributed by atoms with Crippen LogP contribution >= 0.6 is 0 Å². The lowest BCUT2D eigenvalue weighted by molar-refractivity contribution is -0.120. The Morgan fingerprint density at radius 2 is 1.91 bits per heavy atom. The van der Waals surface area contributed by atoms with Crippen LogP contribution in [0.5, 0.6) is 11.5 Å². The fourth-order valence-electron chi connectivity index (χ4n) is 2.33. The van der Waals surface area contributed by atoms with Gasteiger partial charge >= 0.3 is 0 Å². The molecule has 0 saturated carbocycles. The molecule has 2 aromatic rings. The van der Waals surface area contributed by atoms with Gasteiger partial charge in [0, 0.05) is 11.8 Å². The van der Waals surface area contributed by atoms with Gasteiger partial charge in [0.2, 0.25) is 5.91 Å². The third-order valence-corrected chi connectivity index (χ3v) is 3.65. The average Bonchev–Trinajstić information content (AvgIpc) is 2.55. The predicted octanol–water partition coefficient (Wildman–Crippen LogP) is 2.51. The van der Waals surface area contributed by atoms with Gasteiger partial charge in [-0.15, -0.1) is 0 Å². The molecule has 0 unspecified atom stereocenters. The van der Waals surface area contributed by atoms with E-state index in [0.29, 0.717) is 17.9 Å². The van der Waals surface area contributed by atoms with Gasteiger partial charge < -0.3 is 15.2 Å².